The molecule has 1 N–H and O–H groups in total. The fourth-order valence-corrected chi connectivity index (χ4v) is 4.49. The average Bonchev–Trinajstić information content (AvgIpc) is 3.32. The molecule has 0 aliphatic carbocycles. The first-order valence-corrected chi connectivity index (χ1v) is 12.2. The Kier molecular flexibility index (Phi) is 7.72. The molecule has 1 unspecified atom stereocenters. The lowest BCUT2D eigenvalue weighted by atomic mass is 10.2. The second kappa shape index (κ2) is 11.1. The summed E-state index contributed by atoms with van der Waals surface area (Å²) in [4.78, 5) is 12.9. The van der Waals surface area contributed by atoms with Crippen LogP contribution >= 0.6 is 11.8 Å². The van der Waals surface area contributed by atoms with Gasteiger partial charge in [0.05, 0.1) is 20.3 Å². The zero-order chi connectivity index (χ0) is 24.8. The molecule has 0 bridgehead atoms. The van der Waals surface area contributed by atoms with Gasteiger partial charge in [-0.1, -0.05) is 41.6 Å². The third kappa shape index (κ3) is 5.84. The van der Waals surface area contributed by atoms with Gasteiger partial charge in [-0.2, -0.15) is 0 Å². The minimum absolute atomic E-state index is 0.191. The van der Waals surface area contributed by atoms with Crippen molar-refractivity contribution in [1.29, 1.82) is 0 Å². The Morgan fingerprint density at radius 3 is 2.37 bits per heavy atom. The number of benzene rings is 3. The van der Waals surface area contributed by atoms with E-state index in [1.54, 1.807) is 50.2 Å². The average molecular weight is 489 g/mol. The molecule has 4 aromatic rings. The van der Waals surface area contributed by atoms with Crippen LogP contribution in [0.2, 0.25) is 0 Å². The Bertz CT molecular complexity index is 1290. The molecule has 0 radical (unpaired) electrons. The second-order valence-corrected chi connectivity index (χ2v) is 9.02. The molecule has 0 aliphatic heterocycles. The lowest BCUT2D eigenvalue weighted by molar-refractivity contribution is 0.0938. The predicted octanol–water partition coefficient (Wildman–Crippen LogP) is 5.38. The fraction of sp³-hybridized carbons (Fsp3) is 0.222. The number of methoxy groups -OCH3 is 2. The highest BCUT2D eigenvalue weighted by Crippen LogP contribution is 2.29. The monoisotopic (exact) mass is 488 g/mol. The Hall–Kier alpha value is -3.78. The maximum atomic E-state index is 12.9. The quantitative estimate of drug-likeness (QED) is 0.319. The number of carbonyl (C=O) groups is 1. The van der Waals surface area contributed by atoms with Crippen LogP contribution in [0.15, 0.2) is 78.0 Å². The number of ether oxygens (including phenoxy) is 2. The Morgan fingerprint density at radius 2 is 1.69 bits per heavy atom. The molecule has 3 aromatic carbocycles. The first-order valence-electron chi connectivity index (χ1n) is 11.2. The molecule has 4 rings (SSSR count). The van der Waals surface area contributed by atoms with Gasteiger partial charge >= 0.3 is 0 Å². The van der Waals surface area contributed by atoms with Crippen LogP contribution < -0.4 is 14.8 Å². The van der Waals surface area contributed by atoms with Gasteiger partial charge in [0.2, 0.25) is 0 Å². The van der Waals surface area contributed by atoms with Crippen LogP contribution in [0.4, 0.5) is 0 Å². The number of aromatic nitrogens is 3. The lowest BCUT2D eigenvalue weighted by Gasteiger charge is -2.17. The Labute approximate surface area is 209 Å². The van der Waals surface area contributed by atoms with Gasteiger partial charge in [-0.05, 0) is 67.9 Å². The number of amides is 1. The summed E-state index contributed by atoms with van der Waals surface area (Å²) < 4.78 is 12.5. The molecule has 0 fully saturated rings. The summed E-state index contributed by atoms with van der Waals surface area (Å²) >= 11 is 1.58. The van der Waals surface area contributed by atoms with Gasteiger partial charge < -0.3 is 14.8 Å². The van der Waals surface area contributed by atoms with E-state index < -0.39 is 0 Å². The molecule has 0 saturated carbocycles. The van der Waals surface area contributed by atoms with E-state index in [1.165, 1.54) is 0 Å². The highest BCUT2D eigenvalue weighted by Gasteiger charge is 2.22. The first kappa shape index (κ1) is 24.3. The van der Waals surface area contributed by atoms with Crippen molar-refractivity contribution in [3.8, 4) is 17.2 Å². The van der Waals surface area contributed by atoms with E-state index in [0.717, 1.165) is 27.7 Å². The topological polar surface area (TPSA) is 78.3 Å². The molecule has 1 aromatic heterocycles. The van der Waals surface area contributed by atoms with E-state index in [-0.39, 0.29) is 11.9 Å². The lowest BCUT2D eigenvalue weighted by Crippen LogP contribution is -2.28. The maximum absolute atomic E-state index is 12.9. The number of aryl methyl sites for hydroxylation is 1. The highest BCUT2D eigenvalue weighted by atomic mass is 32.2. The van der Waals surface area contributed by atoms with Crippen LogP contribution in [0.25, 0.3) is 5.69 Å². The van der Waals surface area contributed by atoms with Crippen LogP contribution in [0.5, 0.6) is 11.5 Å². The molecule has 180 valence electrons. The smallest absolute Gasteiger partial charge is 0.251 e. The third-order valence-electron chi connectivity index (χ3n) is 5.54. The minimum atomic E-state index is -0.371. The standard InChI is InChI=1S/C27H28N4O3S/c1-18-8-12-22(13-9-18)31-25(19(2)28-26(32)21-10-14-23(33-3)15-11-21)29-30-27(31)35-17-20-6-5-7-24(16-20)34-4/h5-16,19H,17H2,1-4H3,(H,28,32). The van der Waals surface area contributed by atoms with E-state index in [9.17, 15) is 4.79 Å². The van der Waals surface area contributed by atoms with E-state index in [2.05, 4.69) is 33.7 Å². The highest BCUT2D eigenvalue weighted by molar-refractivity contribution is 7.98. The maximum Gasteiger partial charge on any atom is 0.251 e. The summed E-state index contributed by atoms with van der Waals surface area (Å²) in [6.45, 7) is 3.96. The van der Waals surface area contributed by atoms with Crippen molar-refractivity contribution in [2.24, 2.45) is 0 Å². The van der Waals surface area contributed by atoms with Crippen molar-refractivity contribution in [1.82, 2.24) is 20.1 Å². The number of nitrogens with one attached hydrogen (secondary N) is 1. The molecule has 0 spiro atoms. The van der Waals surface area contributed by atoms with Crippen molar-refractivity contribution < 1.29 is 14.3 Å². The zero-order valence-corrected chi connectivity index (χ0v) is 21.0. The van der Waals surface area contributed by atoms with Gasteiger partial charge in [-0.15, -0.1) is 10.2 Å². The van der Waals surface area contributed by atoms with Crippen LogP contribution in [0, 0.1) is 6.92 Å². The molecule has 1 heterocycles. The van der Waals surface area contributed by atoms with Crippen LogP contribution in [0.3, 0.4) is 0 Å². The Balaban J connectivity index is 1.59. The van der Waals surface area contributed by atoms with Gasteiger partial charge in [0.15, 0.2) is 11.0 Å². The number of rotatable bonds is 9. The number of hydrogen-bond donors (Lipinski definition) is 1. The minimum Gasteiger partial charge on any atom is -0.497 e. The largest absolute Gasteiger partial charge is 0.497 e. The second-order valence-electron chi connectivity index (χ2n) is 8.08. The first-order chi connectivity index (χ1) is 17.0. The van der Waals surface area contributed by atoms with Gasteiger partial charge in [-0.3, -0.25) is 9.36 Å². The predicted molar refractivity (Wildman–Crippen MR) is 138 cm³/mol. The number of nitrogens with zero attached hydrogens (tertiary/aromatic N) is 3. The summed E-state index contributed by atoms with van der Waals surface area (Å²) in [5, 5.41) is 12.7. The molecule has 0 aliphatic rings. The molecule has 35 heavy (non-hydrogen) atoms. The van der Waals surface area contributed by atoms with Crippen molar-refractivity contribution >= 4 is 17.7 Å². The zero-order valence-electron chi connectivity index (χ0n) is 20.2. The molecular weight excluding hydrogens is 460 g/mol. The van der Waals surface area contributed by atoms with Gasteiger partial charge in [0.25, 0.3) is 5.91 Å². The number of carbonyl (C=O) groups excluding carboxylic acids is 1. The molecular formula is C27H28N4O3S. The van der Waals surface area contributed by atoms with Crippen LogP contribution in [-0.2, 0) is 5.75 Å². The summed E-state index contributed by atoms with van der Waals surface area (Å²) in [7, 11) is 3.26. The number of hydrogen-bond acceptors (Lipinski definition) is 6. The number of thioether (sulfide) groups is 1. The van der Waals surface area contributed by atoms with E-state index in [4.69, 9.17) is 9.47 Å². The molecule has 1 atom stereocenters. The van der Waals surface area contributed by atoms with E-state index in [1.807, 2.05) is 48.7 Å². The Morgan fingerprint density at radius 1 is 0.971 bits per heavy atom. The van der Waals surface area contributed by atoms with Crippen LogP contribution in [-0.4, -0.2) is 34.9 Å². The fourth-order valence-electron chi connectivity index (χ4n) is 3.59. The van der Waals surface area contributed by atoms with Gasteiger partial charge in [0, 0.05) is 17.0 Å². The van der Waals surface area contributed by atoms with Crippen molar-refractivity contribution in [3.63, 3.8) is 0 Å². The summed E-state index contributed by atoms with van der Waals surface area (Å²) in [6, 6.07) is 22.8. The molecule has 0 saturated heterocycles. The van der Waals surface area contributed by atoms with Gasteiger partial charge in [0.1, 0.15) is 11.5 Å². The normalized spacial score (nSPS) is 11.7. The van der Waals surface area contributed by atoms with Gasteiger partial charge in [-0.25, -0.2) is 0 Å². The SMILES string of the molecule is COc1ccc(C(=O)NC(C)c2nnc(SCc3cccc(OC)c3)n2-c2ccc(C)cc2)cc1. The molecule has 7 nitrogen and oxygen atoms in total. The van der Waals surface area contributed by atoms with Crippen molar-refractivity contribution in [3.05, 3.63) is 95.3 Å². The summed E-state index contributed by atoms with van der Waals surface area (Å²) in [6.07, 6.45) is 0. The van der Waals surface area contributed by atoms with E-state index >= 15 is 0 Å². The third-order valence-corrected chi connectivity index (χ3v) is 6.54. The van der Waals surface area contributed by atoms with E-state index in [0.29, 0.717) is 22.9 Å². The van der Waals surface area contributed by atoms with Crippen molar-refractivity contribution in [2.45, 2.75) is 30.8 Å². The molecule has 8 heteroatoms. The summed E-state index contributed by atoms with van der Waals surface area (Å²) in [5.74, 6) is 2.69. The van der Waals surface area contributed by atoms with Crippen LogP contribution in [0.1, 0.15) is 40.3 Å². The van der Waals surface area contributed by atoms with Crippen molar-refractivity contribution in [2.75, 3.05) is 14.2 Å². The summed E-state index contributed by atoms with van der Waals surface area (Å²) in [5.41, 5.74) is 3.77. The molecule has 1 amide bonds.